The van der Waals surface area contributed by atoms with E-state index in [1.165, 1.54) is 0 Å². The van der Waals surface area contributed by atoms with Crippen LogP contribution in [0.2, 0.25) is 0 Å². The lowest BCUT2D eigenvalue weighted by atomic mass is 9.75. The Morgan fingerprint density at radius 3 is 2.55 bits per heavy atom. The summed E-state index contributed by atoms with van der Waals surface area (Å²) >= 11 is 0. The summed E-state index contributed by atoms with van der Waals surface area (Å²) in [6.07, 6.45) is 5.30. The fourth-order valence-electron chi connectivity index (χ4n) is 4.27. The van der Waals surface area contributed by atoms with Crippen LogP contribution in [0.4, 0.5) is 0 Å². The minimum Gasteiger partial charge on any atom is -0.459 e. The van der Waals surface area contributed by atoms with Gasteiger partial charge in [-0.2, -0.15) is 0 Å². The van der Waals surface area contributed by atoms with Gasteiger partial charge >= 0.3 is 5.97 Å². The molecule has 4 heteroatoms. The predicted octanol–water partition coefficient (Wildman–Crippen LogP) is 3.07. The van der Waals surface area contributed by atoms with Crippen molar-refractivity contribution < 1.29 is 19.1 Å². The third-order valence-electron chi connectivity index (χ3n) is 5.86. The first-order chi connectivity index (χ1) is 10.4. The highest BCUT2D eigenvalue weighted by Gasteiger charge is 2.51. The third-order valence-corrected chi connectivity index (χ3v) is 5.86. The van der Waals surface area contributed by atoms with Crippen molar-refractivity contribution in [3.8, 4) is 0 Å². The van der Waals surface area contributed by atoms with Crippen LogP contribution in [0.5, 0.6) is 0 Å². The van der Waals surface area contributed by atoms with E-state index in [2.05, 4.69) is 13.8 Å². The number of rotatable bonds is 3. The first-order valence-corrected chi connectivity index (χ1v) is 8.57. The van der Waals surface area contributed by atoms with E-state index in [0.29, 0.717) is 11.5 Å². The van der Waals surface area contributed by atoms with E-state index in [0.717, 1.165) is 44.4 Å². The van der Waals surface area contributed by atoms with Crippen LogP contribution in [0.25, 0.3) is 0 Å². The molecular weight excluding hydrogens is 280 g/mol. The van der Waals surface area contributed by atoms with Gasteiger partial charge in [0.05, 0.1) is 17.8 Å². The number of fused-ring (bicyclic) bond motifs is 2. The highest BCUT2D eigenvalue weighted by atomic mass is 16.6. The van der Waals surface area contributed by atoms with Gasteiger partial charge < -0.3 is 9.47 Å². The van der Waals surface area contributed by atoms with Gasteiger partial charge in [0.2, 0.25) is 0 Å². The molecule has 2 heterocycles. The molecule has 0 radical (unpaired) electrons. The Labute approximate surface area is 132 Å². The van der Waals surface area contributed by atoms with E-state index in [4.69, 9.17) is 9.47 Å². The summed E-state index contributed by atoms with van der Waals surface area (Å²) in [6, 6.07) is 0. The van der Waals surface area contributed by atoms with Crippen LogP contribution < -0.4 is 0 Å². The van der Waals surface area contributed by atoms with Crippen molar-refractivity contribution >= 4 is 11.9 Å². The molecular formula is C18H26O4. The second kappa shape index (κ2) is 5.82. The molecule has 0 aromatic rings. The van der Waals surface area contributed by atoms with Crippen molar-refractivity contribution in [2.75, 3.05) is 0 Å². The largest absolute Gasteiger partial charge is 0.459 e. The van der Waals surface area contributed by atoms with Crippen LogP contribution in [0.3, 0.4) is 0 Å². The molecule has 122 valence electrons. The van der Waals surface area contributed by atoms with Crippen molar-refractivity contribution in [2.45, 2.75) is 77.1 Å². The lowest BCUT2D eigenvalue weighted by Gasteiger charge is -2.39. The number of hydrogen-bond acceptors (Lipinski definition) is 4. The van der Waals surface area contributed by atoms with Crippen LogP contribution in [-0.4, -0.2) is 29.7 Å². The highest BCUT2D eigenvalue weighted by Crippen LogP contribution is 2.44. The molecule has 0 aromatic heterocycles. The Kier molecular flexibility index (Phi) is 4.17. The van der Waals surface area contributed by atoms with Gasteiger partial charge in [-0.15, -0.1) is 0 Å². The standard InChI is InChI=1S/C18H26O4/c1-11(2)12-6-8-18(3,9-7-12)22-17(20)16-13(10-19)14-4-5-15(16)21-14/h11-12,14-16H,4-9H2,1-3H3. The topological polar surface area (TPSA) is 52.6 Å². The highest BCUT2D eigenvalue weighted by molar-refractivity contribution is 5.82. The minimum absolute atomic E-state index is 0.176. The summed E-state index contributed by atoms with van der Waals surface area (Å²) in [6.45, 7) is 6.54. The van der Waals surface area contributed by atoms with Crippen molar-refractivity contribution in [3.63, 3.8) is 0 Å². The van der Waals surface area contributed by atoms with E-state index in [1.54, 1.807) is 0 Å². The average molecular weight is 306 g/mol. The van der Waals surface area contributed by atoms with E-state index >= 15 is 0 Å². The molecule has 3 unspecified atom stereocenters. The molecule has 0 N–H and O–H groups in total. The molecule has 2 saturated heterocycles. The Morgan fingerprint density at radius 1 is 1.27 bits per heavy atom. The lowest BCUT2D eigenvalue weighted by Crippen LogP contribution is -2.41. The Morgan fingerprint density at radius 2 is 1.95 bits per heavy atom. The first-order valence-electron chi connectivity index (χ1n) is 8.57. The van der Waals surface area contributed by atoms with Gasteiger partial charge in [0.25, 0.3) is 0 Å². The van der Waals surface area contributed by atoms with E-state index in [-0.39, 0.29) is 18.2 Å². The van der Waals surface area contributed by atoms with Gasteiger partial charge in [-0.25, -0.2) is 4.79 Å². The maximum absolute atomic E-state index is 12.6. The summed E-state index contributed by atoms with van der Waals surface area (Å²) < 4.78 is 11.5. The van der Waals surface area contributed by atoms with Crippen molar-refractivity contribution in [2.24, 2.45) is 17.8 Å². The summed E-state index contributed by atoms with van der Waals surface area (Å²) in [5.41, 5.74) is 0.0823. The SMILES string of the molecule is CC(C)C1CCC(C)(OC(=O)C2C(=C=O)C3CCC2O3)CC1. The fraction of sp³-hybridized carbons (Fsp3) is 0.833. The Hall–Kier alpha value is -1.12. The van der Waals surface area contributed by atoms with Gasteiger partial charge in [0.1, 0.15) is 17.5 Å². The Balaban J connectivity index is 1.64. The molecule has 4 nitrogen and oxygen atoms in total. The molecule has 22 heavy (non-hydrogen) atoms. The molecule has 3 rings (SSSR count). The van der Waals surface area contributed by atoms with Crippen LogP contribution in [0.1, 0.15) is 59.3 Å². The number of carbonyl (C=O) groups is 1. The van der Waals surface area contributed by atoms with Crippen LogP contribution in [0.15, 0.2) is 5.57 Å². The molecule has 3 aliphatic rings. The molecule has 1 aliphatic carbocycles. The quantitative estimate of drug-likeness (QED) is 0.594. The second-order valence-corrected chi connectivity index (χ2v) is 7.73. The molecule has 0 spiro atoms. The molecule has 0 amide bonds. The summed E-state index contributed by atoms with van der Waals surface area (Å²) in [4.78, 5) is 23.7. The summed E-state index contributed by atoms with van der Waals surface area (Å²) in [7, 11) is 0. The smallest absolute Gasteiger partial charge is 0.317 e. The van der Waals surface area contributed by atoms with Crippen molar-refractivity contribution in [1.82, 2.24) is 0 Å². The van der Waals surface area contributed by atoms with Crippen molar-refractivity contribution in [1.29, 1.82) is 0 Å². The fourth-order valence-corrected chi connectivity index (χ4v) is 4.27. The zero-order chi connectivity index (χ0) is 15.9. The monoisotopic (exact) mass is 306 g/mol. The molecule has 3 fully saturated rings. The molecule has 2 bridgehead atoms. The number of carbonyl (C=O) groups excluding carboxylic acids is 2. The van der Waals surface area contributed by atoms with Gasteiger partial charge in [-0.3, -0.25) is 4.79 Å². The predicted molar refractivity (Wildman–Crippen MR) is 81.9 cm³/mol. The van der Waals surface area contributed by atoms with Crippen LogP contribution >= 0.6 is 0 Å². The minimum atomic E-state index is -0.518. The lowest BCUT2D eigenvalue weighted by molar-refractivity contribution is -0.168. The number of ether oxygens (including phenoxy) is 2. The normalized spacial score (nSPS) is 40.8. The second-order valence-electron chi connectivity index (χ2n) is 7.73. The molecule has 0 aromatic carbocycles. The van der Waals surface area contributed by atoms with E-state index in [1.807, 2.05) is 12.9 Å². The number of esters is 1. The van der Waals surface area contributed by atoms with Gasteiger partial charge in [-0.05, 0) is 57.3 Å². The number of hydrogen-bond donors (Lipinski definition) is 0. The van der Waals surface area contributed by atoms with Crippen molar-refractivity contribution in [3.05, 3.63) is 5.57 Å². The maximum Gasteiger partial charge on any atom is 0.317 e. The summed E-state index contributed by atoms with van der Waals surface area (Å²) in [5.74, 6) is 2.55. The zero-order valence-electron chi connectivity index (χ0n) is 13.8. The van der Waals surface area contributed by atoms with E-state index in [9.17, 15) is 9.59 Å². The first kappa shape index (κ1) is 15.8. The van der Waals surface area contributed by atoms with E-state index < -0.39 is 11.5 Å². The molecule has 3 atom stereocenters. The summed E-state index contributed by atoms with van der Waals surface area (Å²) in [5, 5.41) is 0. The van der Waals surface area contributed by atoms with Crippen LogP contribution in [0, 0.1) is 17.8 Å². The molecule has 1 saturated carbocycles. The van der Waals surface area contributed by atoms with Gasteiger partial charge in [0.15, 0.2) is 0 Å². The Bertz CT molecular complexity index is 495. The van der Waals surface area contributed by atoms with Gasteiger partial charge in [-0.1, -0.05) is 13.8 Å². The van der Waals surface area contributed by atoms with Gasteiger partial charge in [0, 0.05) is 0 Å². The maximum atomic E-state index is 12.6. The van der Waals surface area contributed by atoms with Crippen LogP contribution in [-0.2, 0) is 19.1 Å². The third kappa shape index (κ3) is 2.75. The average Bonchev–Trinajstić information content (AvgIpc) is 3.07. The molecule has 2 aliphatic heterocycles. The zero-order valence-corrected chi connectivity index (χ0v) is 13.8.